The first kappa shape index (κ1) is 8.21. The van der Waals surface area contributed by atoms with Crippen LogP contribution in [0.2, 0.25) is 0 Å². The minimum Gasteiger partial charge on any atom is -0.0893 e. The molecule has 0 spiro atoms. The van der Waals surface area contributed by atoms with E-state index in [1.54, 1.807) is 0 Å². The van der Waals surface area contributed by atoms with E-state index in [1.165, 1.54) is 6.42 Å². The highest BCUT2D eigenvalue weighted by molar-refractivity contribution is 14.1. The van der Waals surface area contributed by atoms with Crippen LogP contribution >= 0.6 is 38.5 Å². The molecule has 0 fully saturated rings. The number of rotatable bonds is 2. The first-order valence-corrected chi connectivity index (χ1v) is 4.57. The predicted octanol–water partition coefficient (Wildman–Crippen LogP) is 2.98. The van der Waals surface area contributed by atoms with Gasteiger partial charge >= 0.3 is 0 Å². The monoisotopic (exact) mass is 276 g/mol. The molecule has 0 heterocycles. The van der Waals surface area contributed by atoms with E-state index in [9.17, 15) is 0 Å². The maximum absolute atomic E-state index is 3.47. The Bertz CT molecular complexity index is 37.3. The van der Waals surface area contributed by atoms with Crippen LogP contribution in [0.1, 0.15) is 20.3 Å². The summed E-state index contributed by atoms with van der Waals surface area (Å²) in [7, 11) is 0. The lowest BCUT2D eigenvalue weighted by molar-refractivity contribution is 0.835. The third kappa shape index (κ3) is 7.21. The molecule has 0 nitrogen and oxygen atoms in total. The van der Waals surface area contributed by atoms with Crippen LogP contribution in [-0.2, 0) is 0 Å². The lowest BCUT2D eigenvalue weighted by Crippen LogP contribution is -1.97. The van der Waals surface area contributed by atoms with Gasteiger partial charge in [0.2, 0.25) is 0 Å². The molecule has 0 aromatic heterocycles. The molecule has 0 N–H and O–H groups in total. The van der Waals surface area contributed by atoms with Crippen molar-refractivity contribution >= 4 is 38.5 Å². The van der Waals surface area contributed by atoms with Crippen LogP contribution in [0.25, 0.3) is 0 Å². The zero-order valence-electron chi connectivity index (χ0n) is 4.62. The molecule has 2 atom stereocenters. The topological polar surface area (TPSA) is 0 Å². The van der Waals surface area contributed by atoms with E-state index in [0.29, 0.717) is 4.83 Å². The molecule has 0 aromatic carbocycles. The van der Waals surface area contributed by atoms with Crippen molar-refractivity contribution < 1.29 is 0 Å². The van der Waals surface area contributed by atoms with Crippen molar-refractivity contribution in [3.63, 3.8) is 0 Å². The fourth-order valence-corrected chi connectivity index (χ4v) is 2.47. The molecule has 0 aliphatic heterocycles. The average molecular weight is 277 g/mol. The molecule has 44 valence electrons. The van der Waals surface area contributed by atoms with Gasteiger partial charge in [-0.3, -0.25) is 0 Å². The summed E-state index contributed by atoms with van der Waals surface area (Å²) < 4.78 is 0.798. The first-order valence-electron chi connectivity index (χ1n) is 2.41. The Balaban J connectivity index is 2.95. The molecule has 2 heteroatoms. The molecule has 0 aliphatic rings. The Labute approximate surface area is 67.3 Å². The van der Waals surface area contributed by atoms with Gasteiger partial charge < -0.3 is 0 Å². The highest BCUT2D eigenvalue weighted by Gasteiger charge is 1.98. The molecule has 0 saturated carbocycles. The highest BCUT2D eigenvalue weighted by atomic mass is 127. The van der Waals surface area contributed by atoms with Crippen LogP contribution in [0.3, 0.4) is 0 Å². The van der Waals surface area contributed by atoms with E-state index in [4.69, 9.17) is 0 Å². The average Bonchev–Trinajstić information content (AvgIpc) is 1.27. The van der Waals surface area contributed by atoms with Crippen molar-refractivity contribution in [2.75, 3.05) is 0 Å². The Kier molecular flexibility index (Phi) is 4.84. The van der Waals surface area contributed by atoms with Crippen LogP contribution in [0.4, 0.5) is 0 Å². The van der Waals surface area contributed by atoms with E-state index < -0.39 is 0 Å². The normalized spacial score (nSPS) is 18.9. The van der Waals surface area contributed by atoms with Gasteiger partial charge in [-0.25, -0.2) is 0 Å². The Hall–Kier alpha value is 1.21. The quantitative estimate of drug-likeness (QED) is 0.537. The van der Waals surface area contributed by atoms with E-state index in [1.807, 2.05) is 0 Å². The summed E-state index contributed by atoms with van der Waals surface area (Å²) in [6.45, 7) is 4.40. The molecule has 0 radical (unpaired) electrons. The fourth-order valence-electron chi connectivity index (χ4n) is 0.448. The molecule has 0 aromatic rings. The molecule has 0 bridgehead atoms. The molecule has 2 unspecified atom stereocenters. The van der Waals surface area contributed by atoms with Crippen molar-refractivity contribution in [3.8, 4) is 0 Å². The van der Waals surface area contributed by atoms with E-state index in [2.05, 4.69) is 52.4 Å². The number of hydrogen-bond donors (Lipinski definition) is 0. The van der Waals surface area contributed by atoms with Gasteiger partial charge in [0.05, 0.1) is 0 Å². The van der Waals surface area contributed by atoms with Crippen LogP contribution in [0.15, 0.2) is 0 Å². The second-order valence-electron chi connectivity index (χ2n) is 1.80. The van der Waals surface area contributed by atoms with Crippen LogP contribution in [-0.4, -0.2) is 8.75 Å². The maximum Gasteiger partial charge on any atom is 0.0127 e. The summed E-state index contributed by atoms with van der Waals surface area (Å²) in [5.74, 6) is 0. The summed E-state index contributed by atoms with van der Waals surface area (Å²) >= 11 is 5.90. The Morgan fingerprint density at radius 1 is 1.57 bits per heavy atom. The molecular formula is C5H10BrI. The van der Waals surface area contributed by atoms with E-state index in [0.717, 1.165) is 3.92 Å². The fraction of sp³-hybridized carbons (Fsp3) is 1.00. The lowest BCUT2D eigenvalue weighted by Gasteiger charge is -2.02. The van der Waals surface area contributed by atoms with Gasteiger partial charge in [0.1, 0.15) is 0 Å². The van der Waals surface area contributed by atoms with Crippen molar-refractivity contribution in [1.82, 2.24) is 0 Å². The zero-order valence-corrected chi connectivity index (χ0v) is 8.36. The van der Waals surface area contributed by atoms with E-state index in [-0.39, 0.29) is 0 Å². The van der Waals surface area contributed by atoms with Gasteiger partial charge in [0.25, 0.3) is 0 Å². The Morgan fingerprint density at radius 3 is 2.00 bits per heavy atom. The summed E-state index contributed by atoms with van der Waals surface area (Å²) in [5, 5.41) is 0. The standard InChI is InChI=1S/C5H10BrI/c1-4(6)3-5(2)7/h4-5H,3H2,1-2H3. The lowest BCUT2D eigenvalue weighted by atomic mass is 10.3. The second-order valence-corrected chi connectivity index (χ2v) is 5.49. The van der Waals surface area contributed by atoms with Crippen molar-refractivity contribution in [2.45, 2.75) is 29.0 Å². The van der Waals surface area contributed by atoms with Crippen molar-refractivity contribution in [3.05, 3.63) is 0 Å². The van der Waals surface area contributed by atoms with Gasteiger partial charge in [0, 0.05) is 8.75 Å². The van der Waals surface area contributed by atoms with Gasteiger partial charge in [-0.05, 0) is 6.42 Å². The van der Waals surface area contributed by atoms with Crippen LogP contribution < -0.4 is 0 Å². The minimum absolute atomic E-state index is 0.680. The SMILES string of the molecule is CC(Br)CC(C)I. The predicted molar refractivity (Wildman–Crippen MR) is 46.5 cm³/mol. The number of alkyl halides is 2. The summed E-state index contributed by atoms with van der Waals surface area (Å²) in [6, 6.07) is 0. The molecule has 0 rings (SSSR count). The van der Waals surface area contributed by atoms with Gasteiger partial charge in [0.15, 0.2) is 0 Å². The minimum atomic E-state index is 0.680. The first-order chi connectivity index (χ1) is 3.13. The van der Waals surface area contributed by atoms with Crippen LogP contribution in [0.5, 0.6) is 0 Å². The summed E-state index contributed by atoms with van der Waals surface area (Å²) in [6.07, 6.45) is 1.26. The summed E-state index contributed by atoms with van der Waals surface area (Å²) in [4.78, 5) is 0.680. The molecule has 0 aliphatic carbocycles. The second kappa shape index (κ2) is 4.13. The number of hydrogen-bond acceptors (Lipinski definition) is 0. The van der Waals surface area contributed by atoms with Crippen LogP contribution in [0, 0.1) is 0 Å². The highest BCUT2D eigenvalue weighted by Crippen LogP contribution is 2.12. The van der Waals surface area contributed by atoms with Gasteiger partial charge in [-0.1, -0.05) is 52.4 Å². The van der Waals surface area contributed by atoms with Crippen molar-refractivity contribution in [2.24, 2.45) is 0 Å². The maximum atomic E-state index is 3.47. The molecule has 0 amide bonds. The van der Waals surface area contributed by atoms with Gasteiger partial charge in [-0.2, -0.15) is 0 Å². The third-order valence-electron chi connectivity index (χ3n) is 0.650. The Morgan fingerprint density at radius 2 is 2.00 bits per heavy atom. The number of halogens is 2. The smallest absolute Gasteiger partial charge is 0.0127 e. The molecular weight excluding hydrogens is 267 g/mol. The molecule has 7 heavy (non-hydrogen) atoms. The molecule has 0 saturated heterocycles. The zero-order chi connectivity index (χ0) is 5.86. The van der Waals surface area contributed by atoms with Crippen molar-refractivity contribution in [1.29, 1.82) is 0 Å². The largest absolute Gasteiger partial charge is 0.0893 e. The summed E-state index contributed by atoms with van der Waals surface area (Å²) in [5.41, 5.74) is 0. The van der Waals surface area contributed by atoms with E-state index >= 15 is 0 Å². The third-order valence-corrected chi connectivity index (χ3v) is 1.53. The van der Waals surface area contributed by atoms with Gasteiger partial charge in [-0.15, -0.1) is 0 Å².